The molecule has 1 aliphatic rings. The number of carbonyl (C=O) groups is 2. The van der Waals surface area contributed by atoms with Crippen LogP contribution >= 0.6 is 0 Å². The molecule has 1 aliphatic carbocycles. The molecule has 1 N–H and O–H groups in total. The number of rotatable bonds is 4. The molecule has 3 rings (SSSR count). The first-order valence-corrected chi connectivity index (χ1v) is 8.14. The second-order valence-electron chi connectivity index (χ2n) is 6.18. The van der Waals surface area contributed by atoms with E-state index in [1.54, 1.807) is 24.3 Å². The molecule has 1 saturated carbocycles. The number of hydrogen-bond acceptors (Lipinski definition) is 3. The first-order valence-electron chi connectivity index (χ1n) is 8.14. The monoisotopic (exact) mass is 326 g/mol. The average Bonchev–Trinajstić information content (AvgIpc) is 2.62. The Morgan fingerprint density at radius 1 is 1.25 bits per heavy atom. The van der Waals surface area contributed by atoms with Gasteiger partial charge in [0.15, 0.2) is 0 Å². The number of amides is 1. The number of halogens is 1. The maximum atomic E-state index is 13.3. The van der Waals surface area contributed by atoms with Crippen molar-refractivity contribution in [3.63, 3.8) is 0 Å². The summed E-state index contributed by atoms with van der Waals surface area (Å²) in [7, 11) is 0. The molecule has 0 unspecified atom stereocenters. The molecule has 2 atom stereocenters. The lowest BCUT2D eigenvalue weighted by Gasteiger charge is -2.26. The summed E-state index contributed by atoms with van der Waals surface area (Å²) >= 11 is 0. The predicted molar refractivity (Wildman–Crippen MR) is 88.9 cm³/mol. The van der Waals surface area contributed by atoms with Gasteiger partial charge in [0.2, 0.25) is 0 Å². The van der Waals surface area contributed by atoms with Crippen LogP contribution in [0, 0.1) is 11.7 Å². The normalized spacial score (nSPS) is 20.4. The van der Waals surface area contributed by atoms with Gasteiger partial charge in [0.1, 0.15) is 12.1 Å². The number of aldehydes is 1. The third-order valence-electron chi connectivity index (χ3n) is 4.39. The zero-order valence-electron chi connectivity index (χ0n) is 13.2. The van der Waals surface area contributed by atoms with Crippen molar-refractivity contribution in [2.45, 2.75) is 31.7 Å². The van der Waals surface area contributed by atoms with Crippen LogP contribution in [0.3, 0.4) is 0 Å². The summed E-state index contributed by atoms with van der Waals surface area (Å²) in [5, 5.41) is 2.97. The van der Waals surface area contributed by atoms with Crippen LogP contribution < -0.4 is 5.32 Å². The van der Waals surface area contributed by atoms with Crippen molar-refractivity contribution in [2.75, 3.05) is 0 Å². The molecule has 0 spiro atoms. The van der Waals surface area contributed by atoms with Crippen molar-refractivity contribution in [1.29, 1.82) is 0 Å². The minimum absolute atomic E-state index is 0.0318. The van der Waals surface area contributed by atoms with E-state index >= 15 is 0 Å². The highest BCUT2D eigenvalue weighted by Gasteiger charge is 2.23. The Bertz CT molecular complexity index is 730. The highest BCUT2D eigenvalue weighted by molar-refractivity contribution is 5.94. The number of nitrogens with zero attached hydrogens (tertiary/aromatic N) is 1. The van der Waals surface area contributed by atoms with E-state index in [-0.39, 0.29) is 23.7 Å². The SMILES string of the molecule is O=C[C@@H]1CCC[C@H](NC(=O)c2ccc(-c3cccc(F)c3)nc2)C1. The van der Waals surface area contributed by atoms with Gasteiger partial charge >= 0.3 is 0 Å². The van der Waals surface area contributed by atoms with Gasteiger partial charge in [0.05, 0.1) is 11.3 Å². The molecule has 0 saturated heterocycles. The molecular weight excluding hydrogens is 307 g/mol. The third-order valence-corrected chi connectivity index (χ3v) is 4.39. The van der Waals surface area contributed by atoms with Gasteiger partial charge in [0, 0.05) is 23.7 Å². The fraction of sp³-hybridized carbons (Fsp3) is 0.316. The van der Waals surface area contributed by atoms with E-state index in [9.17, 15) is 14.0 Å². The molecule has 1 aromatic carbocycles. The van der Waals surface area contributed by atoms with Crippen molar-refractivity contribution in [3.05, 3.63) is 54.0 Å². The molecule has 124 valence electrons. The van der Waals surface area contributed by atoms with Crippen molar-refractivity contribution in [3.8, 4) is 11.3 Å². The maximum Gasteiger partial charge on any atom is 0.253 e. The summed E-state index contributed by atoms with van der Waals surface area (Å²) < 4.78 is 13.3. The Morgan fingerprint density at radius 2 is 2.12 bits per heavy atom. The molecule has 1 fully saturated rings. The highest BCUT2D eigenvalue weighted by Crippen LogP contribution is 2.23. The summed E-state index contributed by atoms with van der Waals surface area (Å²) in [5.41, 5.74) is 1.75. The largest absolute Gasteiger partial charge is 0.349 e. The van der Waals surface area contributed by atoms with Crippen molar-refractivity contribution in [2.24, 2.45) is 5.92 Å². The van der Waals surface area contributed by atoms with E-state index in [1.165, 1.54) is 18.3 Å². The smallest absolute Gasteiger partial charge is 0.253 e. The zero-order chi connectivity index (χ0) is 16.9. The lowest BCUT2D eigenvalue weighted by Crippen LogP contribution is -2.38. The first kappa shape index (κ1) is 16.3. The number of hydrogen-bond donors (Lipinski definition) is 1. The van der Waals surface area contributed by atoms with E-state index < -0.39 is 0 Å². The minimum Gasteiger partial charge on any atom is -0.349 e. The van der Waals surface area contributed by atoms with Crippen LogP contribution in [0.15, 0.2) is 42.6 Å². The zero-order valence-corrected chi connectivity index (χ0v) is 13.2. The van der Waals surface area contributed by atoms with E-state index in [1.807, 2.05) is 0 Å². The van der Waals surface area contributed by atoms with E-state index in [0.29, 0.717) is 23.2 Å². The molecule has 1 aromatic heterocycles. The highest BCUT2D eigenvalue weighted by atomic mass is 19.1. The first-order chi connectivity index (χ1) is 11.7. The van der Waals surface area contributed by atoms with Gasteiger partial charge in [-0.05, 0) is 43.5 Å². The minimum atomic E-state index is -0.321. The lowest BCUT2D eigenvalue weighted by atomic mass is 9.86. The Balaban J connectivity index is 1.66. The molecule has 1 amide bonds. The quantitative estimate of drug-likeness (QED) is 0.876. The number of pyridine rings is 1. The van der Waals surface area contributed by atoms with Crippen LogP contribution in [-0.4, -0.2) is 23.2 Å². The molecule has 0 radical (unpaired) electrons. The summed E-state index contributed by atoms with van der Waals surface area (Å²) in [6.45, 7) is 0. The Hall–Kier alpha value is -2.56. The van der Waals surface area contributed by atoms with E-state index in [2.05, 4.69) is 10.3 Å². The standard InChI is InChI=1S/C19H19FN2O2/c20-16-5-2-4-14(10-16)18-8-7-15(11-21-18)19(24)22-17-6-1-3-13(9-17)12-23/h2,4-5,7-8,10-13,17H,1,3,6,9H2,(H,22,24)/t13-,17+/m1/s1. The molecule has 0 aliphatic heterocycles. The van der Waals surface area contributed by atoms with Gasteiger partial charge in [-0.1, -0.05) is 18.6 Å². The van der Waals surface area contributed by atoms with Gasteiger partial charge in [-0.25, -0.2) is 4.39 Å². The van der Waals surface area contributed by atoms with Gasteiger partial charge in [-0.3, -0.25) is 9.78 Å². The summed E-state index contributed by atoms with van der Waals surface area (Å²) in [6, 6.07) is 9.60. The van der Waals surface area contributed by atoms with E-state index in [0.717, 1.165) is 25.5 Å². The van der Waals surface area contributed by atoms with Crippen molar-refractivity contribution in [1.82, 2.24) is 10.3 Å². The number of aromatic nitrogens is 1. The van der Waals surface area contributed by atoms with Crippen LogP contribution in [0.25, 0.3) is 11.3 Å². The van der Waals surface area contributed by atoms with E-state index in [4.69, 9.17) is 0 Å². The number of nitrogens with one attached hydrogen (secondary N) is 1. The van der Waals surface area contributed by atoms with Gasteiger partial charge in [0.25, 0.3) is 5.91 Å². The second kappa shape index (κ2) is 7.34. The van der Waals surface area contributed by atoms with Crippen LogP contribution in [0.5, 0.6) is 0 Å². The third kappa shape index (κ3) is 3.85. The van der Waals surface area contributed by atoms with Crippen LogP contribution in [-0.2, 0) is 4.79 Å². The fourth-order valence-corrected chi connectivity index (χ4v) is 3.10. The molecule has 4 nitrogen and oxygen atoms in total. The Kier molecular flexibility index (Phi) is 4.99. The number of benzene rings is 1. The van der Waals surface area contributed by atoms with Crippen molar-refractivity contribution < 1.29 is 14.0 Å². The molecule has 5 heteroatoms. The molecule has 2 aromatic rings. The van der Waals surface area contributed by atoms with Gasteiger partial charge < -0.3 is 10.1 Å². The Morgan fingerprint density at radius 3 is 2.83 bits per heavy atom. The summed E-state index contributed by atoms with van der Waals surface area (Å²) in [4.78, 5) is 27.5. The number of carbonyl (C=O) groups excluding carboxylic acids is 2. The lowest BCUT2D eigenvalue weighted by molar-refractivity contribution is -0.112. The van der Waals surface area contributed by atoms with Gasteiger partial charge in [-0.2, -0.15) is 0 Å². The molecular formula is C19H19FN2O2. The molecule has 1 heterocycles. The predicted octanol–water partition coefficient (Wildman–Crippen LogP) is 3.38. The fourth-order valence-electron chi connectivity index (χ4n) is 3.10. The van der Waals surface area contributed by atoms with Gasteiger partial charge in [-0.15, -0.1) is 0 Å². The molecule has 0 bridgehead atoms. The summed E-state index contributed by atoms with van der Waals surface area (Å²) in [5.74, 6) is -0.472. The van der Waals surface area contributed by atoms with Crippen LogP contribution in [0.2, 0.25) is 0 Å². The Labute approximate surface area is 140 Å². The summed E-state index contributed by atoms with van der Waals surface area (Å²) in [6.07, 6.45) is 5.92. The molecule has 24 heavy (non-hydrogen) atoms. The van der Waals surface area contributed by atoms with Crippen LogP contribution in [0.1, 0.15) is 36.0 Å². The second-order valence-corrected chi connectivity index (χ2v) is 6.18. The topological polar surface area (TPSA) is 59.1 Å². The van der Waals surface area contributed by atoms with Crippen LogP contribution in [0.4, 0.5) is 4.39 Å². The van der Waals surface area contributed by atoms with Crippen molar-refractivity contribution >= 4 is 12.2 Å². The average molecular weight is 326 g/mol. The maximum absolute atomic E-state index is 13.3.